The van der Waals surface area contributed by atoms with Gasteiger partial charge in [-0.25, -0.2) is 0 Å². The number of carbonyl (C=O) groups excluding carboxylic acids is 1. The van der Waals surface area contributed by atoms with E-state index in [9.17, 15) is 9.90 Å². The van der Waals surface area contributed by atoms with Crippen molar-refractivity contribution in [2.75, 3.05) is 12.4 Å². The zero-order valence-corrected chi connectivity index (χ0v) is 12.0. The lowest BCUT2D eigenvalue weighted by atomic mass is 10.1. The highest BCUT2D eigenvalue weighted by Gasteiger charge is 2.17. The van der Waals surface area contributed by atoms with Gasteiger partial charge in [-0.05, 0) is 24.6 Å². The third-order valence-electron chi connectivity index (χ3n) is 3.18. The molecule has 0 aliphatic heterocycles. The van der Waals surface area contributed by atoms with Crippen LogP contribution in [-0.2, 0) is 4.79 Å². The highest BCUT2D eigenvalue weighted by Crippen LogP contribution is 2.28. The first-order valence-electron chi connectivity index (χ1n) is 6.51. The van der Waals surface area contributed by atoms with E-state index in [2.05, 4.69) is 5.32 Å². The predicted octanol–water partition coefficient (Wildman–Crippen LogP) is 2.35. The Kier molecular flexibility index (Phi) is 4.45. The van der Waals surface area contributed by atoms with Crippen molar-refractivity contribution in [3.05, 3.63) is 53.6 Å². The number of phenolic OH excluding ortho intramolecular Hbond substituents is 1. The Morgan fingerprint density at radius 1 is 1.24 bits per heavy atom. The maximum absolute atomic E-state index is 12.1. The molecular weight excluding hydrogens is 268 g/mol. The Morgan fingerprint density at radius 3 is 2.48 bits per heavy atom. The molecule has 2 aromatic carbocycles. The van der Waals surface area contributed by atoms with E-state index in [-0.39, 0.29) is 11.7 Å². The van der Waals surface area contributed by atoms with Gasteiger partial charge in [0.1, 0.15) is 17.5 Å². The van der Waals surface area contributed by atoms with Gasteiger partial charge in [0.25, 0.3) is 0 Å². The number of aryl methyl sites for hydroxylation is 1. The number of methoxy groups -OCH3 is 1. The van der Waals surface area contributed by atoms with Crippen molar-refractivity contribution in [1.82, 2.24) is 0 Å². The number of nitrogens with one attached hydrogen (secondary N) is 1. The minimum Gasteiger partial charge on any atom is -0.506 e. The fourth-order valence-electron chi connectivity index (χ4n) is 1.88. The lowest BCUT2D eigenvalue weighted by Crippen LogP contribution is -2.27. The molecule has 0 aromatic heterocycles. The van der Waals surface area contributed by atoms with Gasteiger partial charge in [-0.15, -0.1) is 0 Å². The van der Waals surface area contributed by atoms with Crippen molar-refractivity contribution in [2.24, 2.45) is 5.73 Å². The van der Waals surface area contributed by atoms with Gasteiger partial charge >= 0.3 is 0 Å². The third kappa shape index (κ3) is 3.52. The topological polar surface area (TPSA) is 84.6 Å². The Labute approximate surface area is 123 Å². The first kappa shape index (κ1) is 14.9. The molecule has 0 heterocycles. The zero-order valence-electron chi connectivity index (χ0n) is 12.0. The summed E-state index contributed by atoms with van der Waals surface area (Å²) < 4.78 is 4.99. The summed E-state index contributed by atoms with van der Waals surface area (Å²) >= 11 is 0. The summed E-state index contributed by atoms with van der Waals surface area (Å²) in [7, 11) is 1.50. The number of aromatic hydroxyl groups is 1. The number of nitrogens with two attached hydrogens (primary N) is 1. The Hall–Kier alpha value is -2.53. The van der Waals surface area contributed by atoms with E-state index in [0.717, 1.165) is 5.56 Å². The molecule has 0 saturated heterocycles. The summed E-state index contributed by atoms with van der Waals surface area (Å²) in [5.74, 6) is 0.0476. The fraction of sp³-hybridized carbons (Fsp3) is 0.188. The smallest absolute Gasteiger partial charge is 0.245 e. The number of anilines is 1. The maximum Gasteiger partial charge on any atom is 0.245 e. The molecule has 0 aliphatic rings. The van der Waals surface area contributed by atoms with E-state index in [0.29, 0.717) is 17.0 Å². The van der Waals surface area contributed by atoms with Crippen LogP contribution in [0.1, 0.15) is 17.2 Å². The van der Waals surface area contributed by atoms with Crippen molar-refractivity contribution < 1.29 is 14.6 Å². The second kappa shape index (κ2) is 6.28. The largest absolute Gasteiger partial charge is 0.506 e. The number of benzene rings is 2. The van der Waals surface area contributed by atoms with E-state index in [4.69, 9.17) is 10.5 Å². The van der Waals surface area contributed by atoms with Crippen molar-refractivity contribution in [3.8, 4) is 11.5 Å². The first-order chi connectivity index (χ1) is 10.0. The quantitative estimate of drug-likeness (QED) is 0.753. The summed E-state index contributed by atoms with van der Waals surface area (Å²) in [5.41, 5.74) is 8.03. The van der Waals surface area contributed by atoms with E-state index in [1.807, 2.05) is 31.2 Å². The van der Waals surface area contributed by atoms with Crippen molar-refractivity contribution in [2.45, 2.75) is 13.0 Å². The van der Waals surface area contributed by atoms with Gasteiger partial charge in [0.05, 0.1) is 12.8 Å². The summed E-state index contributed by atoms with van der Waals surface area (Å²) in [4.78, 5) is 12.1. The molecule has 2 aromatic rings. The van der Waals surface area contributed by atoms with Crippen LogP contribution in [0.3, 0.4) is 0 Å². The maximum atomic E-state index is 12.1. The lowest BCUT2D eigenvalue weighted by Gasteiger charge is -2.14. The van der Waals surface area contributed by atoms with Crippen LogP contribution in [-0.4, -0.2) is 18.1 Å². The molecule has 0 saturated carbocycles. The van der Waals surface area contributed by atoms with Gasteiger partial charge in [-0.3, -0.25) is 4.79 Å². The van der Waals surface area contributed by atoms with Crippen LogP contribution in [0.5, 0.6) is 11.5 Å². The van der Waals surface area contributed by atoms with Crippen molar-refractivity contribution >= 4 is 11.6 Å². The number of rotatable bonds is 4. The average molecular weight is 286 g/mol. The fourth-order valence-corrected chi connectivity index (χ4v) is 1.88. The van der Waals surface area contributed by atoms with Crippen molar-refractivity contribution in [3.63, 3.8) is 0 Å². The Bertz CT molecular complexity index is 638. The molecule has 5 nitrogen and oxygen atoms in total. The number of hydrogen-bond donors (Lipinski definition) is 3. The molecule has 2 rings (SSSR count). The Morgan fingerprint density at radius 2 is 1.90 bits per heavy atom. The molecular formula is C16H18N2O3. The summed E-state index contributed by atoms with van der Waals surface area (Å²) in [5, 5.41) is 12.4. The standard InChI is InChI=1S/C16H18N2O3/c1-10-3-5-11(6-4-10)15(17)16(20)18-13-8-7-12(21-2)9-14(13)19/h3-9,15,19H,17H2,1-2H3,(H,18,20). The van der Waals surface area contributed by atoms with Crippen LogP contribution >= 0.6 is 0 Å². The van der Waals surface area contributed by atoms with Gasteiger partial charge in [0.2, 0.25) is 5.91 Å². The number of hydrogen-bond acceptors (Lipinski definition) is 4. The van der Waals surface area contributed by atoms with E-state index in [1.54, 1.807) is 12.1 Å². The molecule has 0 radical (unpaired) electrons. The molecule has 4 N–H and O–H groups in total. The van der Waals surface area contributed by atoms with E-state index < -0.39 is 6.04 Å². The van der Waals surface area contributed by atoms with Crippen molar-refractivity contribution in [1.29, 1.82) is 0 Å². The van der Waals surface area contributed by atoms with Gasteiger partial charge < -0.3 is 20.9 Å². The molecule has 0 aliphatic carbocycles. The van der Waals surface area contributed by atoms with Gasteiger partial charge in [0.15, 0.2) is 0 Å². The molecule has 0 bridgehead atoms. The molecule has 5 heteroatoms. The second-order valence-corrected chi connectivity index (χ2v) is 4.76. The predicted molar refractivity (Wildman–Crippen MR) is 81.4 cm³/mol. The number of amides is 1. The number of ether oxygens (including phenoxy) is 1. The second-order valence-electron chi connectivity index (χ2n) is 4.76. The monoisotopic (exact) mass is 286 g/mol. The highest BCUT2D eigenvalue weighted by atomic mass is 16.5. The van der Waals surface area contributed by atoms with Crippen LogP contribution in [0.4, 0.5) is 5.69 Å². The van der Waals surface area contributed by atoms with E-state index in [1.165, 1.54) is 13.2 Å². The zero-order chi connectivity index (χ0) is 15.4. The van der Waals surface area contributed by atoms with Crippen LogP contribution in [0.2, 0.25) is 0 Å². The normalized spacial score (nSPS) is 11.8. The number of phenols is 1. The lowest BCUT2D eigenvalue weighted by molar-refractivity contribution is -0.117. The van der Waals surface area contributed by atoms with Crippen LogP contribution in [0, 0.1) is 6.92 Å². The molecule has 1 unspecified atom stereocenters. The van der Waals surface area contributed by atoms with E-state index >= 15 is 0 Å². The minimum absolute atomic E-state index is 0.0705. The molecule has 110 valence electrons. The summed E-state index contributed by atoms with van der Waals surface area (Å²) in [6.45, 7) is 1.96. The van der Waals surface area contributed by atoms with Gasteiger partial charge in [-0.1, -0.05) is 29.8 Å². The van der Waals surface area contributed by atoms with Crippen LogP contribution < -0.4 is 15.8 Å². The highest BCUT2D eigenvalue weighted by molar-refractivity contribution is 5.96. The number of carbonyl (C=O) groups is 1. The minimum atomic E-state index is -0.799. The van der Waals surface area contributed by atoms with Gasteiger partial charge in [0, 0.05) is 6.07 Å². The molecule has 21 heavy (non-hydrogen) atoms. The summed E-state index contributed by atoms with van der Waals surface area (Å²) in [6.07, 6.45) is 0. The van der Waals surface area contributed by atoms with Crippen LogP contribution in [0.15, 0.2) is 42.5 Å². The van der Waals surface area contributed by atoms with Gasteiger partial charge in [-0.2, -0.15) is 0 Å². The molecule has 0 spiro atoms. The average Bonchev–Trinajstić information content (AvgIpc) is 2.49. The Balaban J connectivity index is 2.12. The molecule has 1 atom stereocenters. The molecule has 1 amide bonds. The SMILES string of the molecule is COc1ccc(NC(=O)C(N)c2ccc(C)cc2)c(O)c1. The molecule has 0 fully saturated rings. The summed E-state index contributed by atoms with van der Waals surface area (Å²) in [6, 6.07) is 11.3. The third-order valence-corrected chi connectivity index (χ3v) is 3.18. The van der Waals surface area contributed by atoms with Crippen LogP contribution in [0.25, 0.3) is 0 Å². The first-order valence-corrected chi connectivity index (χ1v) is 6.51.